The molecule has 0 heterocycles. The molecule has 0 fully saturated rings. The van der Waals surface area contributed by atoms with Gasteiger partial charge in [-0.2, -0.15) is 0 Å². The van der Waals surface area contributed by atoms with E-state index in [2.05, 4.69) is 5.32 Å². The number of carbonyl (C=O) groups is 1. The molecule has 2 N–H and O–H groups in total. The summed E-state index contributed by atoms with van der Waals surface area (Å²) in [6.45, 7) is 3.66. The first-order valence-electron chi connectivity index (χ1n) is 5.67. The minimum atomic E-state index is -0.912. The van der Waals surface area contributed by atoms with Crippen molar-refractivity contribution in [1.82, 2.24) is 5.32 Å². The summed E-state index contributed by atoms with van der Waals surface area (Å²) in [7, 11) is 0. The number of nitrogens with one attached hydrogen (secondary N) is 1. The van der Waals surface area contributed by atoms with Crippen LogP contribution >= 0.6 is 0 Å². The van der Waals surface area contributed by atoms with Crippen LogP contribution in [-0.4, -0.2) is 23.2 Å². The van der Waals surface area contributed by atoms with Crippen LogP contribution in [0.5, 0.6) is 0 Å². The number of amides is 1. The molecule has 0 bridgehead atoms. The second kappa shape index (κ2) is 5.77. The summed E-state index contributed by atoms with van der Waals surface area (Å²) in [5.74, 6) is -0.672. The molecule has 1 atom stereocenters. The average Bonchev–Trinajstić information content (AvgIpc) is 2.30. The van der Waals surface area contributed by atoms with Gasteiger partial charge in [0.2, 0.25) is 5.91 Å². The van der Waals surface area contributed by atoms with E-state index < -0.39 is 5.60 Å². The highest BCUT2D eigenvalue weighted by atomic mass is 19.1. The quantitative estimate of drug-likeness (QED) is 0.820. The van der Waals surface area contributed by atoms with Crippen molar-refractivity contribution < 1.29 is 14.3 Å². The summed E-state index contributed by atoms with van der Waals surface area (Å²) in [5, 5.41) is 12.3. The highest BCUT2D eigenvalue weighted by molar-refractivity contribution is 5.78. The normalized spacial score (nSPS) is 14.1. The predicted octanol–water partition coefficient (Wildman–Crippen LogP) is 1.65. The number of halogens is 1. The third kappa shape index (κ3) is 4.53. The summed E-state index contributed by atoms with van der Waals surface area (Å²) in [5.41, 5.74) is -0.550. The third-order valence-corrected chi connectivity index (χ3v) is 2.74. The number of aliphatic hydroxyl groups is 1. The Balaban J connectivity index is 2.48. The van der Waals surface area contributed by atoms with Gasteiger partial charge in [0.15, 0.2) is 0 Å². The summed E-state index contributed by atoms with van der Waals surface area (Å²) in [6, 6.07) is 6.17. The minimum Gasteiger partial charge on any atom is -0.388 e. The van der Waals surface area contributed by atoms with Crippen molar-refractivity contribution in [3.05, 3.63) is 35.6 Å². The lowest BCUT2D eigenvalue weighted by molar-refractivity contribution is -0.121. The van der Waals surface area contributed by atoms with E-state index in [1.54, 1.807) is 25.1 Å². The van der Waals surface area contributed by atoms with Gasteiger partial charge in [0.25, 0.3) is 0 Å². The summed E-state index contributed by atoms with van der Waals surface area (Å²) in [6.07, 6.45) is 0.541. The molecule has 3 nitrogen and oxygen atoms in total. The first-order valence-corrected chi connectivity index (χ1v) is 5.67. The van der Waals surface area contributed by atoms with Gasteiger partial charge >= 0.3 is 0 Å². The number of rotatable bonds is 5. The van der Waals surface area contributed by atoms with E-state index in [9.17, 15) is 14.3 Å². The molecule has 0 aliphatic carbocycles. The molecule has 0 aliphatic heterocycles. The third-order valence-electron chi connectivity index (χ3n) is 2.74. The van der Waals surface area contributed by atoms with Gasteiger partial charge in [0, 0.05) is 6.54 Å². The number of hydrogen-bond acceptors (Lipinski definition) is 2. The van der Waals surface area contributed by atoms with Crippen LogP contribution in [0.1, 0.15) is 25.8 Å². The predicted molar refractivity (Wildman–Crippen MR) is 64.0 cm³/mol. The lowest BCUT2D eigenvalue weighted by Crippen LogP contribution is -2.40. The van der Waals surface area contributed by atoms with Crippen molar-refractivity contribution in [2.45, 2.75) is 32.3 Å². The smallest absolute Gasteiger partial charge is 0.224 e. The van der Waals surface area contributed by atoms with Crippen LogP contribution in [0.2, 0.25) is 0 Å². The first-order chi connectivity index (χ1) is 7.94. The Morgan fingerprint density at radius 2 is 2.12 bits per heavy atom. The van der Waals surface area contributed by atoms with Gasteiger partial charge in [-0.25, -0.2) is 4.39 Å². The maximum atomic E-state index is 13.3. The van der Waals surface area contributed by atoms with E-state index in [-0.39, 0.29) is 24.7 Å². The Morgan fingerprint density at radius 1 is 1.47 bits per heavy atom. The second-order valence-corrected chi connectivity index (χ2v) is 4.40. The topological polar surface area (TPSA) is 49.3 Å². The Kier molecular flexibility index (Phi) is 4.63. The molecule has 94 valence electrons. The van der Waals surface area contributed by atoms with Crippen LogP contribution < -0.4 is 5.32 Å². The number of hydrogen-bond donors (Lipinski definition) is 2. The van der Waals surface area contributed by atoms with Gasteiger partial charge in [-0.05, 0) is 25.0 Å². The summed E-state index contributed by atoms with van der Waals surface area (Å²) >= 11 is 0. The van der Waals surface area contributed by atoms with E-state index in [1.807, 2.05) is 6.92 Å². The standard InChI is InChI=1S/C13H18FNO2/c1-3-13(2,17)9-15-12(16)8-10-6-4-5-7-11(10)14/h4-7,17H,3,8-9H2,1-2H3,(H,15,16). The van der Waals surface area contributed by atoms with Crippen molar-refractivity contribution in [1.29, 1.82) is 0 Å². The zero-order chi connectivity index (χ0) is 12.9. The molecule has 0 radical (unpaired) electrons. The Morgan fingerprint density at radius 3 is 2.71 bits per heavy atom. The molecule has 0 aromatic heterocycles. The van der Waals surface area contributed by atoms with E-state index in [0.717, 1.165) is 0 Å². The van der Waals surface area contributed by atoms with Crippen LogP contribution in [0.15, 0.2) is 24.3 Å². The fourth-order valence-electron chi connectivity index (χ4n) is 1.29. The van der Waals surface area contributed by atoms with Crippen LogP contribution in [-0.2, 0) is 11.2 Å². The van der Waals surface area contributed by atoms with Crippen molar-refractivity contribution >= 4 is 5.91 Å². The van der Waals surface area contributed by atoms with Crippen LogP contribution in [0.4, 0.5) is 4.39 Å². The van der Waals surface area contributed by atoms with Crippen molar-refractivity contribution in [2.75, 3.05) is 6.54 Å². The molecule has 4 heteroatoms. The first kappa shape index (κ1) is 13.6. The number of carbonyl (C=O) groups excluding carboxylic acids is 1. The highest BCUT2D eigenvalue weighted by Gasteiger charge is 2.18. The molecule has 0 saturated heterocycles. The fraction of sp³-hybridized carbons (Fsp3) is 0.462. The molecule has 1 aromatic carbocycles. The molecule has 1 aromatic rings. The van der Waals surface area contributed by atoms with Crippen molar-refractivity contribution in [3.8, 4) is 0 Å². The van der Waals surface area contributed by atoms with E-state index in [4.69, 9.17) is 0 Å². The maximum absolute atomic E-state index is 13.3. The second-order valence-electron chi connectivity index (χ2n) is 4.40. The monoisotopic (exact) mass is 239 g/mol. The number of benzene rings is 1. The van der Waals surface area contributed by atoms with E-state index in [0.29, 0.717) is 12.0 Å². The highest BCUT2D eigenvalue weighted by Crippen LogP contribution is 2.08. The lowest BCUT2D eigenvalue weighted by Gasteiger charge is -2.21. The van der Waals surface area contributed by atoms with E-state index >= 15 is 0 Å². The molecule has 1 unspecified atom stereocenters. The Bertz CT molecular complexity index is 391. The molecule has 0 spiro atoms. The van der Waals surface area contributed by atoms with Crippen molar-refractivity contribution in [2.24, 2.45) is 0 Å². The Labute approximate surface area is 101 Å². The van der Waals surface area contributed by atoms with Crippen LogP contribution in [0, 0.1) is 5.82 Å². The lowest BCUT2D eigenvalue weighted by atomic mass is 10.0. The van der Waals surface area contributed by atoms with Gasteiger partial charge in [-0.1, -0.05) is 25.1 Å². The minimum absolute atomic E-state index is 0.00747. The SMILES string of the molecule is CCC(C)(O)CNC(=O)Cc1ccccc1F. The average molecular weight is 239 g/mol. The molecule has 1 rings (SSSR count). The Hall–Kier alpha value is -1.42. The van der Waals surface area contributed by atoms with Crippen LogP contribution in [0.25, 0.3) is 0 Å². The summed E-state index contributed by atoms with van der Waals surface area (Å²) in [4.78, 5) is 11.5. The molecule has 0 saturated carbocycles. The van der Waals surface area contributed by atoms with Crippen LogP contribution in [0.3, 0.4) is 0 Å². The molecule has 17 heavy (non-hydrogen) atoms. The molecular weight excluding hydrogens is 221 g/mol. The molecule has 1 amide bonds. The van der Waals surface area contributed by atoms with Gasteiger partial charge in [0.05, 0.1) is 12.0 Å². The molecule has 0 aliphatic rings. The van der Waals surface area contributed by atoms with Crippen molar-refractivity contribution in [3.63, 3.8) is 0 Å². The van der Waals surface area contributed by atoms with Gasteiger partial charge < -0.3 is 10.4 Å². The van der Waals surface area contributed by atoms with Gasteiger partial charge in [0.1, 0.15) is 5.82 Å². The molecular formula is C13H18FNO2. The zero-order valence-corrected chi connectivity index (χ0v) is 10.2. The van der Waals surface area contributed by atoms with Gasteiger partial charge in [-0.15, -0.1) is 0 Å². The fourth-order valence-corrected chi connectivity index (χ4v) is 1.29. The zero-order valence-electron chi connectivity index (χ0n) is 10.2. The maximum Gasteiger partial charge on any atom is 0.224 e. The van der Waals surface area contributed by atoms with E-state index in [1.165, 1.54) is 6.07 Å². The largest absolute Gasteiger partial charge is 0.388 e. The van der Waals surface area contributed by atoms with Gasteiger partial charge in [-0.3, -0.25) is 4.79 Å². The summed E-state index contributed by atoms with van der Waals surface area (Å²) < 4.78 is 13.3.